The molecule has 0 amide bonds. The van der Waals surface area contributed by atoms with Gasteiger partial charge in [0.2, 0.25) is 0 Å². The van der Waals surface area contributed by atoms with Crippen LogP contribution < -0.4 is 5.73 Å². The molecule has 0 saturated heterocycles. The van der Waals surface area contributed by atoms with Crippen LogP contribution in [0, 0.1) is 6.92 Å². The van der Waals surface area contributed by atoms with Gasteiger partial charge in [-0.1, -0.05) is 36.3 Å². The van der Waals surface area contributed by atoms with Gasteiger partial charge >= 0.3 is 0 Å². The van der Waals surface area contributed by atoms with Crippen LogP contribution in [0.4, 0.5) is 5.82 Å². The molecule has 2 N–H and O–H groups in total. The number of hydrogen-bond donors (Lipinski definition) is 1. The van der Waals surface area contributed by atoms with Gasteiger partial charge in [0.25, 0.3) is 5.89 Å². The molecule has 0 radical (unpaired) electrons. The van der Waals surface area contributed by atoms with E-state index < -0.39 is 0 Å². The molecular weight excluding hydrogens is 362 g/mol. The fourth-order valence-corrected chi connectivity index (χ4v) is 3.26. The maximum Gasteiger partial charge on any atom is 0.259 e. The summed E-state index contributed by atoms with van der Waals surface area (Å²) in [6.07, 6.45) is 4.37. The van der Waals surface area contributed by atoms with Crippen molar-refractivity contribution in [1.29, 1.82) is 0 Å². The number of benzene rings is 1. The van der Waals surface area contributed by atoms with Crippen molar-refractivity contribution in [3.05, 3.63) is 78.0 Å². The van der Waals surface area contributed by atoms with Crippen LogP contribution in [0.2, 0.25) is 0 Å². The van der Waals surface area contributed by atoms with Crippen molar-refractivity contribution in [3.8, 4) is 22.6 Å². The number of rotatable bonds is 5. The molecule has 1 unspecified atom stereocenters. The molecule has 0 aliphatic carbocycles. The van der Waals surface area contributed by atoms with E-state index >= 15 is 0 Å². The summed E-state index contributed by atoms with van der Waals surface area (Å²) < 4.78 is 5.54. The van der Waals surface area contributed by atoms with E-state index in [0.29, 0.717) is 17.5 Å². The lowest BCUT2D eigenvalue weighted by Gasteiger charge is -2.25. The molecule has 6 heteroatoms. The predicted octanol–water partition coefficient (Wildman–Crippen LogP) is 4.80. The van der Waals surface area contributed by atoms with Crippen molar-refractivity contribution >= 4 is 5.82 Å². The van der Waals surface area contributed by atoms with Gasteiger partial charge in [0.05, 0.1) is 11.0 Å². The smallest absolute Gasteiger partial charge is 0.259 e. The average Bonchev–Trinajstić information content (AvgIpc) is 3.25. The zero-order chi connectivity index (χ0) is 20.4. The number of pyridine rings is 2. The first kappa shape index (κ1) is 18.8. The molecule has 0 saturated carbocycles. The molecule has 0 fully saturated rings. The Morgan fingerprint density at radius 1 is 0.897 bits per heavy atom. The fourth-order valence-electron chi connectivity index (χ4n) is 3.26. The standard InChI is InChI=1S/C23H23N5O/c1-4-23(3,22-27-21(29-28-22)18-6-5-15(2)25-14-18)19-10-7-16(8-11-19)17-9-12-20(24)26-13-17/h5-14H,4H2,1-3H3,(H2,24,26). The third-order valence-corrected chi connectivity index (χ3v) is 5.43. The topological polar surface area (TPSA) is 90.7 Å². The summed E-state index contributed by atoms with van der Waals surface area (Å²) in [5.41, 5.74) is 10.3. The zero-order valence-electron chi connectivity index (χ0n) is 16.8. The van der Waals surface area contributed by atoms with Crippen LogP contribution in [-0.2, 0) is 5.41 Å². The Morgan fingerprint density at radius 3 is 2.21 bits per heavy atom. The van der Waals surface area contributed by atoms with E-state index in [9.17, 15) is 0 Å². The van der Waals surface area contributed by atoms with Crippen LogP contribution in [-0.4, -0.2) is 20.1 Å². The summed E-state index contributed by atoms with van der Waals surface area (Å²) in [6.45, 7) is 6.21. The van der Waals surface area contributed by atoms with E-state index in [1.165, 1.54) is 0 Å². The lowest BCUT2D eigenvalue weighted by molar-refractivity contribution is 0.398. The molecular formula is C23H23N5O. The minimum absolute atomic E-state index is 0.363. The van der Waals surface area contributed by atoms with Gasteiger partial charge in [0.15, 0.2) is 5.82 Å². The molecule has 3 aromatic heterocycles. The van der Waals surface area contributed by atoms with E-state index in [1.54, 1.807) is 18.5 Å². The molecule has 0 spiro atoms. The second-order valence-corrected chi connectivity index (χ2v) is 7.35. The first-order valence-electron chi connectivity index (χ1n) is 9.59. The predicted molar refractivity (Wildman–Crippen MR) is 113 cm³/mol. The summed E-state index contributed by atoms with van der Waals surface area (Å²) in [6, 6.07) is 16.0. The SMILES string of the molecule is CCC(C)(c1ccc(-c2ccc(N)nc2)cc1)c1noc(-c2ccc(C)nc2)n1. The highest BCUT2D eigenvalue weighted by molar-refractivity contribution is 5.64. The van der Waals surface area contributed by atoms with Crippen molar-refractivity contribution in [2.24, 2.45) is 0 Å². The molecule has 1 aromatic carbocycles. The normalized spacial score (nSPS) is 13.2. The van der Waals surface area contributed by atoms with Crippen LogP contribution >= 0.6 is 0 Å². The summed E-state index contributed by atoms with van der Waals surface area (Å²) in [5, 5.41) is 4.29. The molecule has 0 bridgehead atoms. The van der Waals surface area contributed by atoms with Crippen LogP contribution in [0.5, 0.6) is 0 Å². The Labute approximate surface area is 169 Å². The van der Waals surface area contributed by atoms with Crippen molar-refractivity contribution in [3.63, 3.8) is 0 Å². The van der Waals surface area contributed by atoms with Crippen molar-refractivity contribution in [2.75, 3.05) is 5.73 Å². The first-order valence-corrected chi connectivity index (χ1v) is 9.59. The number of nitrogens with zero attached hydrogens (tertiary/aromatic N) is 4. The van der Waals surface area contributed by atoms with Crippen molar-refractivity contribution < 1.29 is 4.52 Å². The van der Waals surface area contributed by atoms with Gasteiger partial charge in [-0.05, 0) is 55.7 Å². The largest absolute Gasteiger partial charge is 0.384 e. The van der Waals surface area contributed by atoms with E-state index in [2.05, 4.69) is 58.2 Å². The Bertz CT molecular complexity index is 1100. The summed E-state index contributed by atoms with van der Waals surface area (Å²) in [7, 11) is 0. The number of nitrogen functional groups attached to an aromatic ring is 1. The Kier molecular flexibility index (Phi) is 4.84. The third kappa shape index (κ3) is 3.61. The zero-order valence-corrected chi connectivity index (χ0v) is 16.8. The summed E-state index contributed by atoms with van der Waals surface area (Å²) >= 11 is 0. The summed E-state index contributed by atoms with van der Waals surface area (Å²) in [5.74, 6) is 1.66. The molecule has 4 aromatic rings. The monoisotopic (exact) mass is 385 g/mol. The molecule has 29 heavy (non-hydrogen) atoms. The van der Waals surface area contributed by atoms with Gasteiger partial charge in [-0.3, -0.25) is 4.98 Å². The highest BCUT2D eigenvalue weighted by Crippen LogP contribution is 2.35. The number of nitrogens with two attached hydrogens (primary N) is 1. The highest BCUT2D eigenvalue weighted by atomic mass is 16.5. The highest BCUT2D eigenvalue weighted by Gasteiger charge is 2.32. The van der Waals surface area contributed by atoms with Crippen molar-refractivity contribution in [2.45, 2.75) is 32.6 Å². The van der Waals surface area contributed by atoms with E-state index in [0.717, 1.165) is 34.4 Å². The lowest BCUT2D eigenvalue weighted by Crippen LogP contribution is -2.24. The van der Waals surface area contributed by atoms with E-state index in [4.69, 9.17) is 10.3 Å². The third-order valence-electron chi connectivity index (χ3n) is 5.43. The maximum absolute atomic E-state index is 5.68. The van der Waals surface area contributed by atoms with Gasteiger partial charge in [0.1, 0.15) is 5.82 Å². The van der Waals surface area contributed by atoms with Gasteiger partial charge in [-0.2, -0.15) is 4.98 Å². The molecule has 0 aliphatic heterocycles. The number of aromatic nitrogens is 4. The first-order chi connectivity index (χ1) is 14.0. The molecule has 4 rings (SSSR count). The molecule has 1 atom stereocenters. The number of aryl methyl sites for hydroxylation is 1. The Balaban J connectivity index is 1.65. The van der Waals surface area contributed by atoms with Crippen LogP contribution in [0.3, 0.4) is 0 Å². The Morgan fingerprint density at radius 2 is 1.59 bits per heavy atom. The second kappa shape index (κ2) is 7.47. The average molecular weight is 385 g/mol. The fraction of sp³-hybridized carbons (Fsp3) is 0.217. The Hall–Kier alpha value is -3.54. The van der Waals surface area contributed by atoms with Crippen molar-refractivity contribution in [1.82, 2.24) is 20.1 Å². The summed E-state index contributed by atoms with van der Waals surface area (Å²) in [4.78, 5) is 13.2. The maximum atomic E-state index is 5.68. The quantitative estimate of drug-likeness (QED) is 0.531. The van der Waals surface area contributed by atoms with E-state index in [1.807, 2.05) is 25.1 Å². The van der Waals surface area contributed by atoms with Gasteiger partial charge in [-0.25, -0.2) is 4.98 Å². The molecule has 0 aliphatic rings. The minimum atomic E-state index is -0.363. The van der Waals surface area contributed by atoms with Crippen LogP contribution in [0.25, 0.3) is 22.6 Å². The minimum Gasteiger partial charge on any atom is -0.384 e. The van der Waals surface area contributed by atoms with Gasteiger partial charge in [-0.15, -0.1) is 0 Å². The number of hydrogen-bond acceptors (Lipinski definition) is 6. The van der Waals surface area contributed by atoms with Gasteiger partial charge in [0, 0.05) is 23.7 Å². The second-order valence-electron chi connectivity index (χ2n) is 7.35. The number of anilines is 1. The molecule has 3 heterocycles. The van der Waals surface area contributed by atoms with Crippen LogP contribution in [0.1, 0.15) is 37.4 Å². The van der Waals surface area contributed by atoms with Crippen LogP contribution in [0.15, 0.2) is 65.4 Å². The molecule has 146 valence electrons. The molecule has 6 nitrogen and oxygen atoms in total. The van der Waals surface area contributed by atoms with E-state index in [-0.39, 0.29) is 5.41 Å². The van der Waals surface area contributed by atoms with Gasteiger partial charge < -0.3 is 10.3 Å². The lowest BCUT2D eigenvalue weighted by atomic mass is 9.79.